The van der Waals surface area contributed by atoms with Crippen molar-refractivity contribution in [3.05, 3.63) is 51.5 Å². The smallest absolute Gasteiger partial charge is 0.391 e. The lowest BCUT2D eigenvalue weighted by molar-refractivity contribution is -0.160. The third-order valence-corrected chi connectivity index (χ3v) is 8.71. The van der Waals surface area contributed by atoms with Crippen molar-refractivity contribution in [1.82, 2.24) is 20.5 Å². The second-order valence-electron chi connectivity index (χ2n) is 9.59. The quantitative estimate of drug-likeness (QED) is 0.455. The number of nitrogens with zero attached hydrogens (tertiary/aromatic N) is 2. The first-order valence-electron chi connectivity index (χ1n) is 11.6. The summed E-state index contributed by atoms with van der Waals surface area (Å²) in [6.45, 7) is 4.73. The molecule has 1 amide bonds. The van der Waals surface area contributed by atoms with E-state index in [-0.39, 0.29) is 36.6 Å². The van der Waals surface area contributed by atoms with Crippen LogP contribution >= 0.6 is 11.3 Å². The maximum atomic E-state index is 13.9. The zero-order valence-corrected chi connectivity index (χ0v) is 21.7. The fourth-order valence-corrected chi connectivity index (χ4v) is 7.18. The Kier molecular flexibility index (Phi) is 8.80. The van der Waals surface area contributed by atoms with Gasteiger partial charge < -0.3 is 40.3 Å². The van der Waals surface area contributed by atoms with E-state index in [0.717, 1.165) is 21.1 Å². The minimum absolute atomic E-state index is 0. The molecule has 2 saturated heterocycles. The molecule has 2 aromatic rings. The Morgan fingerprint density at radius 1 is 1.20 bits per heavy atom. The zero-order chi connectivity index (χ0) is 23.2. The van der Waals surface area contributed by atoms with Crippen LogP contribution in [0.1, 0.15) is 46.3 Å². The summed E-state index contributed by atoms with van der Waals surface area (Å²) in [5.41, 5.74) is 1.58. The summed E-state index contributed by atoms with van der Waals surface area (Å²) in [5.74, 6) is -0.514. The van der Waals surface area contributed by atoms with Crippen molar-refractivity contribution in [2.45, 2.75) is 56.3 Å². The maximum Gasteiger partial charge on any atom is 0.391 e. The van der Waals surface area contributed by atoms with Crippen molar-refractivity contribution in [3.63, 3.8) is 0 Å². The first-order chi connectivity index (χ1) is 15.8. The molecule has 1 aromatic carbocycles. The minimum Gasteiger partial charge on any atom is -1.00 e. The third-order valence-electron chi connectivity index (χ3n) is 7.48. The van der Waals surface area contributed by atoms with Gasteiger partial charge in [-0.05, 0) is 31.2 Å². The van der Waals surface area contributed by atoms with Gasteiger partial charge >= 0.3 is 6.18 Å². The van der Waals surface area contributed by atoms with Gasteiger partial charge in [-0.1, -0.05) is 30.3 Å². The van der Waals surface area contributed by atoms with Crippen LogP contribution in [-0.4, -0.2) is 54.2 Å². The highest BCUT2D eigenvalue weighted by molar-refractivity contribution is 7.11. The molecule has 11 heteroatoms. The second-order valence-corrected chi connectivity index (χ2v) is 10.8. The summed E-state index contributed by atoms with van der Waals surface area (Å²) in [4.78, 5) is 21.2. The summed E-state index contributed by atoms with van der Waals surface area (Å²) >= 11 is 1.62. The molecule has 3 aliphatic heterocycles. The fourth-order valence-electron chi connectivity index (χ4n) is 6.00. The highest BCUT2D eigenvalue weighted by Gasteiger charge is 2.54. The van der Waals surface area contributed by atoms with E-state index in [1.54, 1.807) is 16.2 Å². The van der Waals surface area contributed by atoms with E-state index in [1.807, 2.05) is 37.3 Å². The summed E-state index contributed by atoms with van der Waals surface area (Å²) in [6, 6.07) is 8.87. The molecule has 35 heavy (non-hydrogen) atoms. The number of benzene rings is 1. The molecule has 0 unspecified atom stereocenters. The predicted octanol–water partition coefficient (Wildman–Crippen LogP) is -2.25. The molecule has 0 radical (unpaired) electrons. The van der Waals surface area contributed by atoms with Gasteiger partial charge in [-0.25, -0.2) is 4.98 Å². The van der Waals surface area contributed by atoms with Crippen LogP contribution in [0.5, 0.6) is 0 Å². The summed E-state index contributed by atoms with van der Waals surface area (Å²) in [7, 11) is 0. The molecule has 0 saturated carbocycles. The molecule has 2 N–H and O–H groups in total. The van der Waals surface area contributed by atoms with Crippen LogP contribution < -0.4 is 35.4 Å². The molecular formula is C24H29Cl2F3N4OS-2. The Bertz CT molecular complexity index is 1020. The summed E-state index contributed by atoms with van der Waals surface area (Å²) < 4.78 is 40.7. The van der Waals surface area contributed by atoms with Crippen molar-refractivity contribution in [2.75, 3.05) is 26.2 Å². The largest absolute Gasteiger partial charge is 1.00 e. The van der Waals surface area contributed by atoms with Crippen LogP contribution in [0.4, 0.5) is 13.2 Å². The SMILES string of the molecule is Cc1nc2c(s1)[C@]1(CNC2)CNC[C@H]1C(=O)N1CC[C@@H](c2ccccc2)C[C@H]1CC(F)(F)F.[Cl-].[Cl-]. The fraction of sp³-hybridized carbons (Fsp3) is 0.583. The number of carbonyl (C=O) groups is 1. The highest BCUT2D eigenvalue weighted by Crippen LogP contribution is 2.45. The van der Waals surface area contributed by atoms with Crippen LogP contribution in [0.2, 0.25) is 0 Å². The molecule has 0 bridgehead atoms. The number of hydrogen-bond donors (Lipinski definition) is 2. The number of amides is 1. The molecular weight excluding hydrogens is 520 g/mol. The van der Waals surface area contributed by atoms with Crippen LogP contribution in [0.3, 0.4) is 0 Å². The summed E-state index contributed by atoms with van der Waals surface area (Å²) in [5, 5.41) is 7.73. The van der Waals surface area contributed by atoms with Gasteiger partial charge in [0, 0.05) is 49.1 Å². The first-order valence-corrected chi connectivity index (χ1v) is 12.4. The number of rotatable bonds is 3. The van der Waals surface area contributed by atoms with Gasteiger partial charge in [0.15, 0.2) is 0 Å². The number of aromatic nitrogens is 1. The molecule has 2 fully saturated rings. The Balaban J connectivity index is 0.00000171. The lowest BCUT2D eigenvalue weighted by atomic mass is 9.73. The molecule has 194 valence electrons. The van der Waals surface area contributed by atoms with E-state index in [2.05, 4.69) is 15.6 Å². The van der Waals surface area contributed by atoms with Crippen LogP contribution in [-0.2, 0) is 16.8 Å². The number of carbonyl (C=O) groups excluding carboxylic acids is 1. The normalized spacial score (nSPS) is 28.2. The number of hydrogen-bond acceptors (Lipinski definition) is 5. The predicted molar refractivity (Wildman–Crippen MR) is 121 cm³/mol. The van der Waals surface area contributed by atoms with Gasteiger partial charge in [-0.15, -0.1) is 11.3 Å². The van der Waals surface area contributed by atoms with Crippen molar-refractivity contribution >= 4 is 17.2 Å². The van der Waals surface area contributed by atoms with Crippen LogP contribution in [0, 0.1) is 12.8 Å². The van der Waals surface area contributed by atoms with E-state index < -0.39 is 30.0 Å². The highest BCUT2D eigenvalue weighted by atomic mass is 35.5. The topological polar surface area (TPSA) is 57.3 Å². The minimum atomic E-state index is -4.32. The average Bonchev–Trinajstić information content (AvgIpc) is 3.37. The number of nitrogens with one attached hydrogen (secondary N) is 2. The standard InChI is InChI=1S/C24H29F3N4OS.2ClH/c1-15-30-20-12-29-14-23(21(20)33-15)13-28-11-19(23)22(32)31-8-7-17(16-5-3-2-4-6-16)9-18(31)10-24(25,26)27;;/h2-6,17-19,28-29H,7-14H2,1H3;2*1H/p-2/t17-,18+,19+,23+;;/m1../s1. The number of likely N-dealkylation sites (tertiary alicyclic amines) is 1. The van der Waals surface area contributed by atoms with Crippen molar-refractivity contribution in [3.8, 4) is 0 Å². The van der Waals surface area contributed by atoms with Gasteiger partial charge in [0.1, 0.15) is 0 Å². The van der Waals surface area contributed by atoms with E-state index in [9.17, 15) is 18.0 Å². The molecule has 1 aromatic heterocycles. The first kappa shape index (κ1) is 28.2. The Hall–Kier alpha value is -1.39. The number of halogens is 5. The van der Waals surface area contributed by atoms with Gasteiger partial charge in [0.2, 0.25) is 5.91 Å². The lowest BCUT2D eigenvalue weighted by Gasteiger charge is -2.44. The molecule has 4 atom stereocenters. The number of piperidine rings is 1. The lowest BCUT2D eigenvalue weighted by Crippen LogP contribution is -3.00. The Labute approximate surface area is 220 Å². The molecule has 5 nitrogen and oxygen atoms in total. The van der Waals surface area contributed by atoms with Crippen molar-refractivity contribution in [2.24, 2.45) is 5.92 Å². The average molecular weight is 549 g/mol. The molecule has 1 spiro atoms. The van der Waals surface area contributed by atoms with Gasteiger partial charge in [0.05, 0.1) is 23.0 Å². The van der Waals surface area contributed by atoms with Crippen LogP contribution in [0.25, 0.3) is 0 Å². The van der Waals surface area contributed by atoms with E-state index >= 15 is 0 Å². The monoisotopic (exact) mass is 548 g/mol. The maximum absolute atomic E-state index is 13.9. The van der Waals surface area contributed by atoms with Gasteiger partial charge in [0.25, 0.3) is 0 Å². The molecule has 4 heterocycles. The molecule has 3 aliphatic rings. The van der Waals surface area contributed by atoms with Gasteiger partial charge in [-0.2, -0.15) is 13.2 Å². The number of alkyl halides is 3. The Morgan fingerprint density at radius 2 is 1.91 bits per heavy atom. The van der Waals surface area contributed by atoms with E-state index in [4.69, 9.17) is 0 Å². The van der Waals surface area contributed by atoms with Gasteiger partial charge in [-0.3, -0.25) is 4.79 Å². The number of thiazole rings is 1. The number of fused-ring (bicyclic) bond motifs is 2. The van der Waals surface area contributed by atoms with E-state index in [1.165, 1.54) is 0 Å². The second kappa shape index (κ2) is 10.9. The van der Waals surface area contributed by atoms with E-state index in [0.29, 0.717) is 45.6 Å². The third kappa shape index (κ3) is 5.49. The zero-order valence-electron chi connectivity index (χ0n) is 19.4. The molecule has 5 rings (SSSR count). The molecule has 0 aliphatic carbocycles. The van der Waals surface area contributed by atoms with Crippen molar-refractivity contribution < 1.29 is 42.8 Å². The van der Waals surface area contributed by atoms with Crippen LogP contribution in [0.15, 0.2) is 30.3 Å². The van der Waals surface area contributed by atoms with Crippen molar-refractivity contribution in [1.29, 1.82) is 0 Å². The Morgan fingerprint density at radius 3 is 2.63 bits per heavy atom. The number of aryl methyl sites for hydroxylation is 1. The summed E-state index contributed by atoms with van der Waals surface area (Å²) in [6.07, 6.45) is -4.26.